The largest absolute Gasteiger partial charge is 0.420 e. The Bertz CT molecular complexity index is 550. The number of para-hydroxylation sites is 2. The minimum Gasteiger partial charge on any atom is -0.408 e. The molecular weight excluding hydrogens is 210 g/mol. The lowest BCUT2D eigenvalue weighted by Gasteiger charge is -2.08. The third-order valence-corrected chi connectivity index (χ3v) is 2.60. The van der Waals surface area contributed by atoms with E-state index >= 15 is 0 Å². The van der Waals surface area contributed by atoms with Gasteiger partial charge in [0.1, 0.15) is 0 Å². The lowest BCUT2D eigenvalue weighted by atomic mass is 10.3. The Balaban J connectivity index is 2.01. The van der Waals surface area contributed by atoms with Crippen LogP contribution in [0.1, 0.15) is 0 Å². The lowest BCUT2D eigenvalue weighted by Crippen LogP contribution is -2.23. The van der Waals surface area contributed by atoms with E-state index in [0.717, 1.165) is 5.52 Å². The summed E-state index contributed by atoms with van der Waals surface area (Å²) in [4.78, 5) is 11.6. The molecule has 2 aromatic rings. The van der Waals surface area contributed by atoms with Crippen LogP contribution in [0.25, 0.3) is 11.1 Å². The van der Waals surface area contributed by atoms with Crippen molar-refractivity contribution in [3.05, 3.63) is 34.8 Å². The third-order valence-electron chi connectivity index (χ3n) is 2.60. The van der Waals surface area contributed by atoms with Crippen molar-refractivity contribution in [2.45, 2.75) is 12.8 Å². The first-order valence-corrected chi connectivity index (χ1v) is 5.16. The van der Waals surface area contributed by atoms with E-state index in [2.05, 4.69) is 0 Å². The molecule has 0 amide bonds. The van der Waals surface area contributed by atoms with Crippen LogP contribution in [0.5, 0.6) is 0 Å². The maximum absolute atomic E-state index is 11.6. The van der Waals surface area contributed by atoms with Gasteiger partial charge in [-0.1, -0.05) is 12.1 Å². The van der Waals surface area contributed by atoms with Crippen molar-refractivity contribution in [1.82, 2.24) is 4.57 Å². The van der Waals surface area contributed by atoms with Gasteiger partial charge >= 0.3 is 5.76 Å². The molecule has 1 aliphatic heterocycles. The number of rotatable bonds is 2. The molecule has 5 nitrogen and oxygen atoms in total. The predicted molar refractivity (Wildman–Crippen MR) is 56.2 cm³/mol. The van der Waals surface area contributed by atoms with Gasteiger partial charge in [-0.2, -0.15) is 0 Å². The molecule has 1 saturated heterocycles. The minimum absolute atomic E-state index is 0.348. The molecule has 0 aliphatic carbocycles. The highest BCUT2D eigenvalue weighted by molar-refractivity contribution is 5.72. The maximum atomic E-state index is 11.6. The maximum Gasteiger partial charge on any atom is 0.420 e. The van der Waals surface area contributed by atoms with Crippen LogP contribution in [0, 0.1) is 0 Å². The van der Waals surface area contributed by atoms with Crippen LogP contribution in [-0.2, 0) is 16.0 Å². The Morgan fingerprint density at radius 3 is 2.81 bits per heavy atom. The number of fused-ring (bicyclic) bond motifs is 1. The SMILES string of the molecule is O=c1oc2ccccc2n1CC1OCCO1. The van der Waals surface area contributed by atoms with Gasteiger partial charge in [0.2, 0.25) is 0 Å². The van der Waals surface area contributed by atoms with E-state index in [1.807, 2.05) is 18.2 Å². The Hall–Kier alpha value is -1.59. The molecule has 1 aromatic heterocycles. The first kappa shape index (κ1) is 9.62. The number of nitrogens with zero attached hydrogens (tertiary/aromatic N) is 1. The molecule has 1 aliphatic rings. The Morgan fingerprint density at radius 1 is 1.25 bits per heavy atom. The Morgan fingerprint density at radius 2 is 2.00 bits per heavy atom. The van der Waals surface area contributed by atoms with Crippen LogP contribution in [0.4, 0.5) is 0 Å². The molecule has 3 rings (SSSR count). The molecule has 0 atom stereocenters. The zero-order valence-corrected chi connectivity index (χ0v) is 8.59. The van der Waals surface area contributed by atoms with E-state index in [9.17, 15) is 4.79 Å². The molecule has 0 bridgehead atoms. The highest BCUT2D eigenvalue weighted by atomic mass is 16.7. The summed E-state index contributed by atoms with van der Waals surface area (Å²) in [5, 5.41) is 0. The van der Waals surface area contributed by atoms with E-state index < -0.39 is 0 Å². The second kappa shape index (κ2) is 3.77. The van der Waals surface area contributed by atoms with Gasteiger partial charge in [0.15, 0.2) is 11.9 Å². The van der Waals surface area contributed by atoms with E-state index in [4.69, 9.17) is 13.9 Å². The average molecular weight is 221 g/mol. The lowest BCUT2D eigenvalue weighted by molar-refractivity contribution is -0.0528. The van der Waals surface area contributed by atoms with E-state index in [1.165, 1.54) is 4.57 Å². The van der Waals surface area contributed by atoms with Crippen molar-refractivity contribution < 1.29 is 13.9 Å². The van der Waals surface area contributed by atoms with Gasteiger partial charge < -0.3 is 13.9 Å². The number of hydrogen-bond donors (Lipinski definition) is 0. The van der Waals surface area contributed by atoms with Crippen LogP contribution < -0.4 is 5.76 Å². The van der Waals surface area contributed by atoms with Gasteiger partial charge in [-0.3, -0.25) is 4.57 Å². The standard InChI is InChI=1S/C11H11NO4/c13-11-12(7-10-14-5-6-15-10)8-3-1-2-4-9(8)16-11/h1-4,10H,5-7H2. The third kappa shape index (κ3) is 1.54. The molecule has 16 heavy (non-hydrogen) atoms. The number of oxazole rings is 1. The van der Waals surface area contributed by atoms with Crippen LogP contribution in [0.15, 0.2) is 33.5 Å². The van der Waals surface area contributed by atoms with Gasteiger partial charge in [-0.25, -0.2) is 4.79 Å². The minimum atomic E-state index is -0.375. The molecule has 0 spiro atoms. The number of hydrogen-bond acceptors (Lipinski definition) is 4. The average Bonchev–Trinajstić information content (AvgIpc) is 2.89. The van der Waals surface area contributed by atoms with Crippen molar-refractivity contribution in [2.24, 2.45) is 0 Å². The molecule has 2 heterocycles. The molecule has 0 radical (unpaired) electrons. The molecule has 5 heteroatoms. The molecule has 1 aromatic carbocycles. The molecular formula is C11H11NO4. The highest BCUT2D eigenvalue weighted by Crippen LogP contribution is 2.14. The Labute approximate surface area is 91.2 Å². The van der Waals surface area contributed by atoms with Crippen LogP contribution in [0.3, 0.4) is 0 Å². The molecule has 0 N–H and O–H groups in total. The fourth-order valence-electron chi connectivity index (χ4n) is 1.85. The first-order valence-electron chi connectivity index (χ1n) is 5.16. The summed E-state index contributed by atoms with van der Waals surface area (Å²) >= 11 is 0. The molecule has 0 unspecified atom stereocenters. The van der Waals surface area contributed by atoms with E-state index in [1.54, 1.807) is 6.07 Å². The quantitative estimate of drug-likeness (QED) is 0.758. The molecule has 1 fully saturated rings. The smallest absolute Gasteiger partial charge is 0.408 e. The fraction of sp³-hybridized carbons (Fsp3) is 0.364. The van der Waals surface area contributed by atoms with E-state index in [0.29, 0.717) is 25.3 Å². The zero-order valence-electron chi connectivity index (χ0n) is 8.59. The van der Waals surface area contributed by atoms with Gasteiger partial charge in [0.25, 0.3) is 0 Å². The summed E-state index contributed by atoms with van der Waals surface area (Å²) in [6, 6.07) is 7.31. The van der Waals surface area contributed by atoms with Crippen molar-refractivity contribution in [2.75, 3.05) is 13.2 Å². The van der Waals surface area contributed by atoms with Crippen LogP contribution >= 0.6 is 0 Å². The topological polar surface area (TPSA) is 53.6 Å². The van der Waals surface area contributed by atoms with Crippen molar-refractivity contribution in [1.29, 1.82) is 0 Å². The highest BCUT2D eigenvalue weighted by Gasteiger charge is 2.19. The number of ether oxygens (including phenoxy) is 2. The Kier molecular flexibility index (Phi) is 2.27. The zero-order chi connectivity index (χ0) is 11.0. The fourth-order valence-corrected chi connectivity index (χ4v) is 1.85. The van der Waals surface area contributed by atoms with Crippen LogP contribution in [0.2, 0.25) is 0 Å². The van der Waals surface area contributed by atoms with Crippen LogP contribution in [-0.4, -0.2) is 24.1 Å². The van der Waals surface area contributed by atoms with Gasteiger partial charge in [0, 0.05) is 0 Å². The molecule has 0 saturated carbocycles. The summed E-state index contributed by atoms with van der Waals surface area (Å²) < 4.78 is 17.3. The van der Waals surface area contributed by atoms with Gasteiger partial charge in [-0.15, -0.1) is 0 Å². The van der Waals surface area contributed by atoms with Crippen molar-refractivity contribution in [3.8, 4) is 0 Å². The summed E-state index contributed by atoms with van der Waals surface area (Å²) in [6.45, 7) is 1.53. The van der Waals surface area contributed by atoms with Gasteiger partial charge in [0.05, 0.1) is 25.3 Å². The summed E-state index contributed by atoms with van der Waals surface area (Å²) in [6.07, 6.45) is -0.348. The van der Waals surface area contributed by atoms with Crippen molar-refractivity contribution >= 4 is 11.1 Å². The predicted octanol–water partition coefficient (Wildman–Crippen LogP) is 0.967. The second-order valence-corrected chi connectivity index (χ2v) is 3.62. The summed E-state index contributed by atoms with van der Waals surface area (Å²) in [5.74, 6) is -0.375. The first-order chi connectivity index (χ1) is 7.84. The monoisotopic (exact) mass is 221 g/mol. The number of aromatic nitrogens is 1. The van der Waals surface area contributed by atoms with E-state index in [-0.39, 0.29) is 12.0 Å². The number of benzene rings is 1. The molecule has 84 valence electrons. The van der Waals surface area contributed by atoms with Crippen molar-refractivity contribution in [3.63, 3.8) is 0 Å². The summed E-state index contributed by atoms with van der Waals surface area (Å²) in [5.41, 5.74) is 1.36. The second-order valence-electron chi connectivity index (χ2n) is 3.62. The summed E-state index contributed by atoms with van der Waals surface area (Å²) in [7, 11) is 0. The van der Waals surface area contributed by atoms with Gasteiger partial charge in [-0.05, 0) is 12.1 Å². The normalized spacial score (nSPS) is 17.2.